The van der Waals surface area contributed by atoms with Gasteiger partial charge in [-0.05, 0) is 41.3 Å². The molecule has 1 aromatic heterocycles. The molecule has 1 saturated heterocycles. The van der Waals surface area contributed by atoms with Crippen LogP contribution < -0.4 is 5.32 Å². The number of amides is 3. The molecule has 0 radical (unpaired) electrons. The van der Waals surface area contributed by atoms with Gasteiger partial charge < -0.3 is 4.90 Å². The Bertz CT molecular complexity index is 1120. The van der Waals surface area contributed by atoms with Crippen LogP contribution in [0.15, 0.2) is 73.1 Å². The van der Waals surface area contributed by atoms with Gasteiger partial charge in [0.05, 0.1) is 5.25 Å². The average molecular weight is 432 g/mol. The number of pyridine rings is 1. The van der Waals surface area contributed by atoms with Crippen molar-refractivity contribution in [1.29, 1.82) is 0 Å². The molecule has 1 unspecified atom stereocenters. The molecule has 156 valence electrons. The van der Waals surface area contributed by atoms with Crippen molar-refractivity contribution in [3.63, 3.8) is 0 Å². The number of nitrogens with one attached hydrogen (secondary N) is 1. The van der Waals surface area contributed by atoms with Gasteiger partial charge in [-0.15, -0.1) is 0 Å². The lowest BCUT2D eigenvalue weighted by Crippen LogP contribution is -2.26. The number of carbonyl (C=O) groups is 3. The smallest absolute Gasteiger partial charge is 0.286 e. The van der Waals surface area contributed by atoms with Gasteiger partial charge in [0.15, 0.2) is 0 Å². The number of benzene rings is 2. The van der Waals surface area contributed by atoms with Gasteiger partial charge in [0, 0.05) is 37.1 Å². The van der Waals surface area contributed by atoms with E-state index in [0.717, 1.165) is 34.0 Å². The predicted octanol–water partition coefficient (Wildman–Crippen LogP) is 3.91. The maximum absolute atomic E-state index is 12.6. The number of imide groups is 1. The van der Waals surface area contributed by atoms with E-state index in [1.54, 1.807) is 36.5 Å². The summed E-state index contributed by atoms with van der Waals surface area (Å²) in [6.07, 6.45) is 4.06. The van der Waals surface area contributed by atoms with E-state index in [0.29, 0.717) is 18.5 Å². The summed E-state index contributed by atoms with van der Waals surface area (Å²) in [5.41, 5.74) is 4.53. The molecule has 1 aliphatic heterocycles. The highest BCUT2D eigenvalue weighted by Gasteiger charge is 2.31. The lowest BCUT2D eigenvalue weighted by molar-refractivity contribution is -0.118. The summed E-state index contributed by atoms with van der Waals surface area (Å²) in [7, 11) is 1.78. The van der Waals surface area contributed by atoms with Crippen LogP contribution in [0.25, 0.3) is 11.1 Å². The Labute approximate surface area is 184 Å². The quantitative estimate of drug-likeness (QED) is 0.640. The average Bonchev–Trinajstić information content (AvgIpc) is 3.11. The summed E-state index contributed by atoms with van der Waals surface area (Å²) in [6, 6.07) is 19.1. The Morgan fingerprint density at radius 2 is 1.74 bits per heavy atom. The van der Waals surface area contributed by atoms with Crippen LogP contribution in [-0.2, 0) is 17.8 Å². The van der Waals surface area contributed by atoms with E-state index in [1.165, 1.54) is 0 Å². The largest absolute Gasteiger partial charge is 0.337 e. The predicted molar refractivity (Wildman–Crippen MR) is 121 cm³/mol. The third kappa shape index (κ3) is 5.00. The topological polar surface area (TPSA) is 79.4 Å². The molecule has 0 aliphatic carbocycles. The zero-order chi connectivity index (χ0) is 21.8. The van der Waals surface area contributed by atoms with E-state index in [4.69, 9.17) is 0 Å². The highest BCUT2D eigenvalue weighted by atomic mass is 32.2. The van der Waals surface area contributed by atoms with Crippen LogP contribution >= 0.6 is 11.8 Å². The molecule has 0 spiro atoms. The first-order chi connectivity index (χ1) is 15.0. The fourth-order valence-corrected chi connectivity index (χ4v) is 4.31. The molecular formula is C24H21N3O3S. The minimum absolute atomic E-state index is 0.0392. The number of thioether (sulfide) groups is 1. The molecule has 3 aromatic rings. The number of hydrogen-bond donors (Lipinski definition) is 1. The Morgan fingerprint density at radius 3 is 2.42 bits per heavy atom. The van der Waals surface area contributed by atoms with Crippen molar-refractivity contribution in [3.8, 4) is 11.1 Å². The van der Waals surface area contributed by atoms with Crippen LogP contribution in [0.4, 0.5) is 4.79 Å². The van der Waals surface area contributed by atoms with Crippen molar-refractivity contribution < 1.29 is 14.4 Å². The standard InChI is InChI=1S/C24H21N3O3S/c1-27(23(29)19-5-3-2-4-6-19)15-17-11-20(14-25-13-17)18-9-7-16(8-10-18)12-21-22(28)26-24(30)31-21/h2-11,13-14,21H,12,15H2,1H3,(H,26,28,30). The molecule has 0 saturated carbocycles. The molecule has 2 heterocycles. The van der Waals surface area contributed by atoms with Crippen LogP contribution in [0.5, 0.6) is 0 Å². The summed E-state index contributed by atoms with van der Waals surface area (Å²) in [5.74, 6) is -0.271. The number of hydrogen-bond acceptors (Lipinski definition) is 5. The van der Waals surface area contributed by atoms with Crippen LogP contribution in [0.2, 0.25) is 0 Å². The number of aromatic nitrogens is 1. The summed E-state index contributed by atoms with van der Waals surface area (Å²) < 4.78 is 0. The Morgan fingerprint density at radius 1 is 1.00 bits per heavy atom. The van der Waals surface area contributed by atoms with Crippen LogP contribution in [0.1, 0.15) is 21.5 Å². The fourth-order valence-electron chi connectivity index (χ4n) is 3.45. The molecule has 6 nitrogen and oxygen atoms in total. The van der Waals surface area contributed by atoms with Crippen molar-refractivity contribution in [3.05, 3.63) is 89.7 Å². The number of carbonyl (C=O) groups excluding carboxylic acids is 3. The van der Waals surface area contributed by atoms with Crippen molar-refractivity contribution >= 4 is 28.8 Å². The first kappa shape index (κ1) is 20.8. The lowest BCUT2D eigenvalue weighted by atomic mass is 10.0. The van der Waals surface area contributed by atoms with Gasteiger partial charge in [-0.25, -0.2) is 0 Å². The van der Waals surface area contributed by atoms with E-state index >= 15 is 0 Å². The molecule has 1 aliphatic rings. The van der Waals surface area contributed by atoms with E-state index in [-0.39, 0.29) is 22.3 Å². The maximum atomic E-state index is 12.6. The van der Waals surface area contributed by atoms with Gasteiger partial charge in [-0.1, -0.05) is 54.2 Å². The van der Waals surface area contributed by atoms with Crippen LogP contribution in [-0.4, -0.2) is 39.2 Å². The van der Waals surface area contributed by atoms with Crippen molar-refractivity contribution in [2.45, 2.75) is 18.2 Å². The third-order valence-electron chi connectivity index (χ3n) is 5.06. The second-order valence-electron chi connectivity index (χ2n) is 7.39. The molecule has 3 amide bonds. The Balaban J connectivity index is 1.43. The SMILES string of the molecule is CN(Cc1cncc(-c2ccc(CC3SC(=O)NC3=O)cc2)c1)C(=O)c1ccccc1. The zero-order valence-electron chi connectivity index (χ0n) is 16.9. The highest BCUT2D eigenvalue weighted by molar-refractivity contribution is 8.15. The van der Waals surface area contributed by atoms with Gasteiger partial charge in [-0.3, -0.25) is 24.7 Å². The zero-order valence-corrected chi connectivity index (χ0v) is 17.8. The van der Waals surface area contributed by atoms with E-state index in [9.17, 15) is 14.4 Å². The van der Waals surface area contributed by atoms with Crippen molar-refractivity contribution in [2.75, 3.05) is 7.05 Å². The fraction of sp³-hybridized carbons (Fsp3) is 0.167. The molecule has 2 aromatic carbocycles. The molecule has 1 fully saturated rings. The summed E-state index contributed by atoms with van der Waals surface area (Å²) >= 11 is 1.04. The molecule has 4 rings (SSSR count). The Hall–Kier alpha value is -3.45. The van der Waals surface area contributed by atoms with Crippen LogP contribution in [0, 0.1) is 0 Å². The van der Waals surface area contributed by atoms with Crippen LogP contribution in [0.3, 0.4) is 0 Å². The molecule has 1 N–H and O–H groups in total. The minimum Gasteiger partial charge on any atom is -0.337 e. The highest BCUT2D eigenvalue weighted by Crippen LogP contribution is 2.25. The summed E-state index contributed by atoms with van der Waals surface area (Å²) in [5, 5.41) is 1.65. The second-order valence-corrected chi connectivity index (χ2v) is 8.57. The van der Waals surface area contributed by atoms with Crippen molar-refractivity contribution in [2.24, 2.45) is 0 Å². The van der Waals surface area contributed by atoms with Gasteiger partial charge in [0.1, 0.15) is 0 Å². The molecule has 31 heavy (non-hydrogen) atoms. The van der Waals surface area contributed by atoms with E-state index < -0.39 is 0 Å². The van der Waals surface area contributed by atoms with Crippen molar-refractivity contribution in [1.82, 2.24) is 15.2 Å². The minimum atomic E-state index is -0.374. The molecule has 0 bridgehead atoms. The monoisotopic (exact) mass is 431 g/mol. The van der Waals surface area contributed by atoms with Gasteiger partial charge in [0.2, 0.25) is 5.91 Å². The molecular weight excluding hydrogens is 410 g/mol. The summed E-state index contributed by atoms with van der Waals surface area (Å²) in [4.78, 5) is 41.7. The second kappa shape index (κ2) is 9.14. The first-order valence-electron chi connectivity index (χ1n) is 9.85. The van der Waals surface area contributed by atoms with E-state index in [1.807, 2.05) is 48.5 Å². The summed E-state index contributed by atoms with van der Waals surface area (Å²) in [6.45, 7) is 0.453. The maximum Gasteiger partial charge on any atom is 0.286 e. The molecule has 1 atom stereocenters. The number of rotatable bonds is 6. The first-order valence-corrected chi connectivity index (χ1v) is 10.7. The Kier molecular flexibility index (Phi) is 6.13. The molecule has 7 heteroatoms. The third-order valence-corrected chi connectivity index (χ3v) is 6.04. The van der Waals surface area contributed by atoms with Gasteiger partial charge in [0.25, 0.3) is 11.1 Å². The lowest BCUT2D eigenvalue weighted by Gasteiger charge is -2.17. The number of nitrogens with zero attached hydrogens (tertiary/aromatic N) is 2. The van der Waals surface area contributed by atoms with E-state index in [2.05, 4.69) is 10.3 Å². The van der Waals surface area contributed by atoms with Gasteiger partial charge >= 0.3 is 0 Å². The van der Waals surface area contributed by atoms with Gasteiger partial charge in [-0.2, -0.15) is 0 Å². The normalized spacial score (nSPS) is 15.6.